The Morgan fingerprint density at radius 1 is 1.33 bits per heavy atom. The zero-order valence-corrected chi connectivity index (χ0v) is 13.4. The Labute approximate surface area is 134 Å². The molecule has 0 saturated carbocycles. The van der Waals surface area contributed by atoms with Gasteiger partial charge in [-0.3, -0.25) is 10.4 Å². The quantitative estimate of drug-likeness (QED) is 0.737. The summed E-state index contributed by atoms with van der Waals surface area (Å²) in [5.41, 5.74) is 0.403. The van der Waals surface area contributed by atoms with Gasteiger partial charge >= 0.3 is 6.03 Å². The minimum atomic E-state index is -0.493. The molecule has 2 aromatic rings. The van der Waals surface area contributed by atoms with Gasteiger partial charge in [0.15, 0.2) is 3.95 Å². The molecule has 1 aromatic carbocycles. The Hall–Kier alpha value is -1.84. The summed E-state index contributed by atoms with van der Waals surface area (Å²) in [4.78, 5) is 11.9. The number of carbonyl (C=O) groups excluding carboxylic acids is 1. The summed E-state index contributed by atoms with van der Waals surface area (Å²) in [6.45, 7) is 0. The van der Waals surface area contributed by atoms with Crippen molar-refractivity contribution in [2.24, 2.45) is 0 Å². The molecule has 0 radical (unpaired) electrons. The number of halogens is 1. The molecule has 7 nitrogen and oxygen atoms in total. The lowest BCUT2D eigenvalue weighted by Gasteiger charge is -2.12. The Morgan fingerprint density at radius 3 is 2.62 bits per heavy atom. The van der Waals surface area contributed by atoms with Crippen LogP contribution in [0.3, 0.4) is 0 Å². The van der Waals surface area contributed by atoms with Crippen LogP contribution in [0.1, 0.15) is 0 Å². The summed E-state index contributed by atoms with van der Waals surface area (Å²) in [6.07, 6.45) is 0. The second-order valence-electron chi connectivity index (χ2n) is 3.68. The highest BCUT2D eigenvalue weighted by Gasteiger charge is 2.13. The first kappa shape index (κ1) is 15.5. The number of aromatic nitrogens is 2. The van der Waals surface area contributed by atoms with Gasteiger partial charge in [-0.25, -0.2) is 4.79 Å². The molecule has 0 spiro atoms. The van der Waals surface area contributed by atoms with Gasteiger partial charge in [-0.1, -0.05) is 22.9 Å². The van der Waals surface area contributed by atoms with Gasteiger partial charge in [0.1, 0.15) is 11.5 Å². The largest absolute Gasteiger partial charge is 0.495 e. The Morgan fingerprint density at radius 2 is 2.05 bits per heavy atom. The van der Waals surface area contributed by atoms with E-state index in [0.717, 1.165) is 11.3 Å². The van der Waals surface area contributed by atoms with Crippen molar-refractivity contribution in [3.63, 3.8) is 0 Å². The summed E-state index contributed by atoms with van der Waals surface area (Å²) in [5, 5.41) is 12.3. The Bertz CT molecular complexity index is 716. The van der Waals surface area contributed by atoms with E-state index in [2.05, 4.69) is 20.8 Å². The molecule has 0 unspecified atom stereocenters. The molecule has 10 heteroatoms. The van der Waals surface area contributed by atoms with Gasteiger partial charge in [-0.2, -0.15) is 0 Å². The van der Waals surface area contributed by atoms with Crippen LogP contribution < -0.4 is 20.1 Å². The first-order valence-corrected chi connectivity index (χ1v) is 7.18. The average Bonchev–Trinajstić information content (AvgIpc) is 2.84. The van der Waals surface area contributed by atoms with Gasteiger partial charge in [0.05, 0.1) is 24.9 Å². The molecule has 112 valence electrons. The molecule has 0 aliphatic carbocycles. The SMILES string of the molecule is COc1cc(OC)c(NC(=O)Nc2n[nH]c(=S)s2)cc1Cl. The molecule has 0 bridgehead atoms. The Balaban J connectivity index is 2.16. The molecule has 0 fully saturated rings. The molecule has 2 rings (SSSR count). The van der Waals surface area contributed by atoms with Crippen molar-refractivity contribution in [2.75, 3.05) is 24.9 Å². The topological polar surface area (TPSA) is 88.3 Å². The predicted molar refractivity (Wildman–Crippen MR) is 84.5 cm³/mol. The molecule has 0 atom stereocenters. The van der Waals surface area contributed by atoms with Crippen LogP contribution in [0.25, 0.3) is 0 Å². The van der Waals surface area contributed by atoms with E-state index in [1.165, 1.54) is 20.3 Å². The second kappa shape index (κ2) is 6.74. The van der Waals surface area contributed by atoms with E-state index >= 15 is 0 Å². The number of hydrogen-bond acceptors (Lipinski definition) is 6. The number of methoxy groups -OCH3 is 2. The number of nitrogens with one attached hydrogen (secondary N) is 3. The second-order valence-corrected chi connectivity index (χ2v) is 5.76. The molecular weight excluding hydrogens is 336 g/mol. The van der Waals surface area contributed by atoms with E-state index < -0.39 is 6.03 Å². The maximum atomic E-state index is 11.9. The zero-order valence-electron chi connectivity index (χ0n) is 11.0. The van der Waals surface area contributed by atoms with Crippen molar-refractivity contribution < 1.29 is 14.3 Å². The van der Waals surface area contributed by atoms with E-state index in [0.29, 0.717) is 31.3 Å². The number of benzene rings is 1. The molecule has 1 heterocycles. The third-order valence-electron chi connectivity index (χ3n) is 2.38. The number of ether oxygens (including phenoxy) is 2. The number of H-pyrrole nitrogens is 1. The van der Waals surface area contributed by atoms with Gasteiger partial charge in [-0.05, 0) is 18.3 Å². The third kappa shape index (κ3) is 3.84. The van der Waals surface area contributed by atoms with Crippen LogP contribution in [0.2, 0.25) is 5.02 Å². The van der Waals surface area contributed by atoms with E-state index in [1.54, 1.807) is 6.07 Å². The minimum absolute atomic E-state index is 0.351. The summed E-state index contributed by atoms with van der Waals surface area (Å²) >= 11 is 12.0. The highest BCUT2D eigenvalue weighted by Crippen LogP contribution is 2.35. The van der Waals surface area contributed by atoms with Crippen LogP contribution in [0.4, 0.5) is 15.6 Å². The Kier molecular flexibility index (Phi) is 4.99. The van der Waals surface area contributed by atoms with Crippen molar-refractivity contribution in [2.45, 2.75) is 0 Å². The predicted octanol–water partition coefficient (Wildman–Crippen LogP) is 3.52. The molecule has 1 aromatic heterocycles. The fraction of sp³-hybridized carbons (Fsp3) is 0.182. The van der Waals surface area contributed by atoms with Crippen LogP contribution in [-0.2, 0) is 0 Å². The normalized spacial score (nSPS) is 10.0. The van der Waals surface area contributed by atoms with Gasteiger partial charge in [0.2, 0.25) is 5.13 Å². The average molecular weight is 347 g/mol. The van der Waals surface area contributed by atoms with Crippen molar-refractivity contribution >= 4 is 52.0 Å². The molecular formula is C11H11ClN4O3S2. The maximum Gasteiger partial charge on any atom is 0.325 e. The van der Waals surface area contributed by atoms with Gasteiger partial charge in [0.25, 0.3) is 0 Å². The van der Waals surface area contributed by atoms with Crippen LogP contribution in [0.15, 0.2) is 12.1 Å². The van der Waals surface area contributed by atoms with Crippen LogP contribution in [-0.4, -0.2) is 30.4 Å². The number of hydrogen-bond donors (Lipinski definition) is 3. The number of aromatic amines is 1. The number of anilines is 2. The van der Waals surface area contributed by atoms with Gasteiger partial charge < -0.3 is 14.8 Å². The highest BCUT2D eigenvalue weighted by atomic mass is 35.5. The maximum absolute atomic E-state index is 11.9. The van der Waals surface area contributed by atoms with Crippen molar-refractivity contribution in [3.05, 3.63) is 21.1 Å². The lowest BCUT2D eigenvalue weighted by Crippen LogP contribution is -2.19. The summed E-state index contributed by atoms with van der Waals surface area (Å²) in [7, 11) is 2.97. The third-order valence-corrected chi connectivity index (χ3v) is 3.68. The van der Waals surface area contributed by atoms with E-state index in [-0.39, 0.29) is 0 Å². The van der Waals surface area contributed by atoms with Gasteiger partial charge in [-0.15, -0.1) is 5.10 Å². The first-order valence-electron chi connectivity index (χ1n) is 5.58. The first-order chi connectivity index (χ1) is 10.0. The smallest absolute Gasteiger partial charge is 0.325 e. The molecule has 0 saturated heterocycles. The molecule has 0 aliphatic rings. The molecule has 0 aliphatic heterocycles. The van der Waals surface area contributed by atoms with Crippen molar-refractivity contribution in [1.29, 1.82) is 0 Å². The lowest BCUT2D eigenvalue weighted by atomic mass is 10.2. The standard InChI is InChI=1S/C11H11ClN4O3S2/c1-18-7-4-8(19-2)6(3-5(7)12)13-9(17)14-10-15-16-11(20)21-10/h3-4H,1-2H3,(H,16,20)(H2,13,14,15,17). The number of rotatable bonds is 4. The number of urea groups is 1. The highest BCUT2D eigenvalue weighted by molar-refractivity contribution is 7.73. The summed E-state index contributed by atoms with van der Waals surface area (Å²) in [5.74, 6) is 0.866. The van der Waals surface area contributed by atoms with E-state index in [9.17, 15) is 4.79 Å². The van der Waals surface area contributed by atoms with E-state index in [1.807, 2.05) is 0 Å². The fourth-order valence-corrected chi connectivity index (χ4v) is 2.52. The van der Waals surface area contributed by atoms with Crippen LogP contribution >= 0.6 is 35.2 Å². The number of amides is 2. The van der Waals surface area contributed by atoms with E-state index in [4.69, 9.17) is 33.3 Å². The summed E-state index contributed by atoms with van der Waals surface area (Å²) < 4.78 is 10.7. The van der Waals surface area contributed by atoms with Crippen molar-refractivity contribution in [1.82, 2.24) is 10.2 Å². The van der Waals surface area contributed by atoms with Crippen LogP contribution in [0, 0.1) is 3.95 Å². The van der Waals surface area contributed by atoms with Crippen molar-refractivity contribution in [3.8, 4) is 11.5 Å². The lowest BCUT2D eigenvalue weighted by molar-refractivity contribution is 0.262. The molecule has 2 amide bonds. The molecule has 3 N–H and O–H groups in total. The van der Waals surface area contributed by atoms with Gasteiger partial charge in [0, 0.05) is 6.07 Å². The number of carbonyl (C=O) groups is 1. The molecule has 21 heavy (non-hydrogen) atoms. The zero-order chi connectivity index (χ0) is 15.4. The monoisotopic (exact) mass is 346 g/mol. The number of nitrogens with zero attached hydrogens (tertiary/aromatic N) is 1. The minimum Gasteiger partial charge on any atom is -0.495 e. The summed E-state index contributed by atoms with van der Waals surface area (Å²) in [6, 6.07) is 2.62. The fourth-order valence-electron chi connectivity index (χ4n) is 1.49. The van der Waals surface area contributed by atoms with Crippen LogP contribution in [0.5, 0.6) is 11.5 Å².